The lowest BCUT2D eigenvalue weighted by atomic mass is 9.53. The molecule has 0 heterocycles. The lowest BCUT2D eigenvalue weighted by molar-refractivity contribution is 0.0132. The van der Waals surface area contributed by atoms with Crippen LogP contribution in [0.2, 0.25) is 0 Å². The predicted molar refractivity (Wildman–Crippen MR) is 81.0 cm³/mol. The summed E-state index contributed by atoms with van der Waals surface area (Å²) in [5.41, 5.74) is 8.33. The second-order valence-corrected chi connectivity index (χ2v) is 7.86. The van der Waals surface area contributed by atoms with Gasteiger partial charge in [0.25, 0.3) is 0 Å². The van der Waals surface area contributed by atoms with Crippen LogP contribution in [-0.2, 0) is 0 Å². The van der Waals surface area contributed by atoms with Gasteiger partial charge in [-0.2, -0.15) is 0 Å². The van der Waals surface area contributed by atoms with Crippen molar-refractivity contribution in [3.8, 4) is 0 Å². The van der Waals surface area contributed by atoms with Crippen molar-refractivity contribution in [2.24, 2.45) is 34.8 Å². The lowest BCUT2D eigenvalue weighted by Crippen LogP contribution is -2.48. The summed E-state index contributed by atoms with van der Waals surface area (Å²) in [5.74, 6) is 3.07. The Balaban J connectivity index is 1.65. The minimum atomic E-state index is -0.247. The Hall–Kier alpha value is -0.600. The minimum absolute atomic E-state index is 0.247. The molecule has 2 heteroatoms. The number of aliphatic hydroxyl groups is 1. The number of hydrogen-bond donors (Lipinski definition) is 2. The van der Waals surface area contributed by atoms with Gasteiger partial charge in [-0.3, -0.25) is 0 Å². The van der Waals surface area contributed by atoms with E-state index in [0.717, 1.165) is 24.2 Å². The SMILES string of the molecule is C[C@]12CC[C@H]3[C@@H](CC=C4C[C@@H](O)C=C[C@@H]43)[C@@H]1CC[C@@H]2N. The Morgan fingerprint density at radius 1 is 1.20 bits per heavy atom. The first-order valence-corrected chi connectivity index (χ1v) is 8.40. The summed E-state index contributed by atoms with van der Waals surface area (Å²) >= 11 is 0. The highest BCUT2D eigenvalue weighted by molar-refractivity contribution is 5.27. The molecule has 20 heavy (non-hydrogen) atoms. The van der Waals surface area contributed by atoms with Gasteiger partial charge < -0.3 is 10.8 Å². The van der Waals surface area contributed by atoms with Gasteiger partial charge in [0.1, 0.15) is 0 Å². The fourth-order valence-corrected chi connectivity index (χ4v) is 5.88. The van der Waals surface area contributed by atoms with Crippen LogP contribution < -0.4 is 5.73 Å². The minimum Gasteiger partial charge on any atom is -0.389 e. The monoisotopic (exact) mass is 273 g/mol. The molecule has 4 rings (SSSR count). The molecule has 0 aromatic carbocycles. The van der Waals surface area contributed by atoms with E-state index in [9.17, 15) is 5.11 Å². The fourth-order valence-electron chi connectivity index (χ4n) is 5.88. The molecule has 7 atom stereocenters. The molecule has 0 amide bonds. The summed E-state index contributed by atoms with van der Waals surface area (Å²) in [4.78, 5) is 0. The molecule has 2 nitrogen and oxygen atoms in total. The number of rotatable bonds is 0. The third kappa shape index (κ3) is 1.70. The fraction of sp³-hybridized carbons (Fsp3) is 0.778. The van der Waals surface area contributed by atoms with Gasteiger partial charge in [-0.1, -0.05) is 30.7 Å². The Labute approximate surface area is 122 Å². The molecule has 0 saturated heterocycles. The number of nitrogens with two attached hydrogens (primary N) is 1. The first kappa shape index (κ1) is 13.1. The normalized spacial score (nSPS) is 53.9. The Morgan fingerprint density at radius 3 is 2.90 bits per heavy atom. The average molecular weight is 273 g/mol. The smallest absolute Gasteiger partial charge is 0.0758 e. The van der Waals surface area contributed by atoms with Crippen molar-refractivity contribution in [1.29, 1.82) is 0 Å². The summed E-state index contributed by atoms with van der Waals surface area (Å²) in [6.45, 7) is 2.45. The molecule has 2 fully saturated rings. The maximum atomic E-state index is 9.83. The molecule has 3 N–H and O–H groups in total. The van der Waals surface area contributed by atoms with Crippen LogP contribution in [0.15, 0.2) is 23.8 Å². The molecule has 4 aliphatic carbocycles. The van der Waals surface area contributed by atoms with Gasteiger partial charge in [-0.15, -0.1) is 0 Å². The maximum Gasteiger partial charge on any atom is 0.0758 e. The van der Waals surface area contributed by atoms with Crippen molar-refractivity contribution in [3.05, 3.63) is 23.8 Å². The summed E-state index contributed by atoms with van der Waals surface area (Å²) < 4.78 is 0. The Morgan fingerprint density at radius 2 is 2.05 bits per heavy atom. The number of fused-ring (bicyclic) bond motifs is 5. The molecule has 4 aliphatic rings. The predicted octanol–water partition coefficient (Wildman–Crippen LogP) is 3.02. The molecule has 0 aliphatic heterocycles. The zero-order chi connectivity index (χ0) is 13.9. The molecule has 110 valence electrons. The van der Waals surface area contributed by atoms with Crippen LogP contribution in [0.5, 0.6) is 0 Å². The number of aliphatic hydroxyl groups excluding tert-OH is 1. The van der Waals surface area contributed by atoms with E-state index in [1.807, 2.05) is 6.08 Å². The van der Waals surface area contributed by atoms with Gasteiger partial charge in [0, 0.05) is 12.0 Å². The van der Waals surface area contributed by atoms with E-state index in [4.69, 9.17) is 5.73 Å². The van der Waals surface area contributed by atoms with Gasteiger partial charge in [0.05, 0.1) is 6.10 Å². The van der Waals surface area contributed by atoms with Gasteiger partial charge in [0.2, 0.25) is 0 Å². The van der Waals surface area contributed by atoms with Crippen LogP contribution in [0.1, 0.15) is 45.4 Å². The number of hydrogen-bond acceptors (Lipinski definition) is 2. The third-order valence-electron chi connectivity index (χ3n) is 7.09. The van der Waals surface area contributed by atoms with E-state index >= 15 is 0 Å². The van der Waals surface area contributed by atoms with Crippen LogP contribution >= 0.6 is 0 Å². The summed E-state index contributed by atoms with van der Waals surface area (Å²) in [6.07, 6.45) is 13.8. The van der Waals surface area contributed by atoms with Crippen molar-refractivity contribution in [2.75, 3.05) is 0 Å². The topological polar surface area (TPSA) is 46.2 Å². The standard InChI is InChI=1S/C18H27NO/c1-18-9-8-14-13-5-3-12(20)10-11(13)2-4-15(14)16(18)6-7-17(18)19/h2-3,5,12-17,20H,4,6-10,19H2,1H3/t12-,13-,14+,15+,16-,17-,18-/m0/s1. The van der Waals surface area contributed by atoms with Gasteiger partial charge in [-0.25, -0.2) is 0 Å². The lowest BCUT2D eigenvalue weighted by Gasteiger charge is -2.52. The van der Waals surface area contributed by atoms with Crippen molar-refractivity contribution < 1.29 is 5.11 Å². The highest BCUT2D eigenvalue weighted by atomic mass is 16.3. The van der Waals surface area contributed by atoms with E-state index in [1.165, 1.54) is 37.7 Å². The second-order valence-electron chi connectivity index (χ2n) is 7.86. The highest BCUT2D eigenvalue weighted by Gasteiger charge is 2.54. The molecule has 0 spiro atoms. The van der Waals surface area contributed by atoms with Gasteiger partial charge in [0.15, 0.2) is 0 Å². The first-order chi connectivity index (χ1) is 9.59. The largest absolute Gasteiger partial charge is 0.389 e. The highest BCUT2D eigenvalue weighted by Crippen LogP contribution is 2.60. The summed E-state index contributed by atoms with van der Waals surface area (Å²) in [7, 11) is 0. The molecule has 0 bridgehead atoms. The first-order valence-electron chi connectivity index (χ1n) is 8.40. The number of allylic oxidation sites excluding steroid dienone is 2. The second kappa shape index (κ2) is 4.45. The van der Waals surface area contributed by atoms with E-state index in [2.05, 4.69) is 19.1 Å². The Bertz CT molecular complexity index is 468. The molecular formula is C18H27NO. The van der Waals surface area contributed by atoms with E-state index < -0.39 is 0 Å². The van der Waals surface area contributed by atoms with Crippen LogP contribution in [-0.4, -0.2) is 17.3 Å². The van der Waals surface area contributed by atoms with Crippen molar-refractivity contribution in [1.82, 2.24) is 0 Å². The summed E-state index contributed by atoms with van der Waals surface area (Å²) in [6, 6.07) is 0.419. The van der Waals surface area contributed by atoms with Crippen LogP contribution in [0, 0.1) is 29.1 Å². The Kier molecular flexibility index (Phi) is 2.91. The average Bonchev–Trinajstić information content (AvgIpc) is 2.74. The van der Waals surface area contributed by atoms with E-state index in [-0.39, 0.29) is 6.10 Å². The molecular weight excluding hydrogens is 246 g/mol. The molecule has 0 unspecified atom stereocenters. The van der Waals surface area contributed by atoms with Crippen LogP contribution in [0.3, 0.4) is 0 Å². The van der Waals surface area contributed by atoms with E-state index in [0.29, 0.717) is 17.4 Å². The van der Waals surface area contributed by atoms with E-state index in [1.54, 1.807) is 0 Å². The molecule has 0 radical (unpaired) electrons. The van der Waals surface area contributed by atoms with Crippen molar-refractivity contribution in [3.63, 3.8) is 0 Å². The molecule has 0 aromatic heterocycles. The van der Waals surface area contributed by atoms with Crippen molar-refractivity contribution >= 4 is 0 Å². The van der Waals surface area contributed by atoms with Gasteiger partial charge >= 0.3 is 0 Å². The zero-order valence-electron chi connectivity index (χ0n) is 12.5. The maximum absolute atomic E-state index is 9.83. The molecule has 2 saturated carbocycles. The zero-order valence-corrected chi connectivity index (χ0v) is 12.5. The third-order valence-corrected chi connectivity index (χ3v) is 7.09. The quantitative estimate of drug-likeness (QED) is 0.666. The van der Waals surface area contributed by atoms with Crippen LogP contribution in [0.25, 0.3) is 0 Å². The summed E-state index contributed by atoms with van der Waals surface area (Å²) in [5, 5.41) is 9.83. The molecule has 0 aromatic rings. The van der Waals surface area contributed by atoms with Crippen LogP contribution in [0.4, 0.5) is 0 Å². The van der Waals surface area contributed by atoms with Crippen molar-refractivity contribution in [2.45, 2.75) is 57.6 Å². The van der Waals surface area contributed by atoms with Gasteiger partial charge in [-0.05, 0) is 61.7 Å².